The highest BCUT2D eigenvalue weighted by atomic mass is 15.0. The summed E-state index contributed by atoms with van der Waals surface area (Å²) in [5, 5.41) is 5.16. The molecule has 0 unspecified atom stereocenters. The molecular formula is C38H26N2. The molecule has 0 radical (unpaired) electrons. The molecule has 6 aromatic carbocycles. The molecule has 0 amide bonds. The molecule has 1 aliphatic rings. The van der Waals surface area contributed by atoms with E-state index in [-0.39, 0.29) is 0 Å². The first-order chi connectivity index (χ1) is 19.7. The fraction of sp³-hybridized carbons (Fsp3) is 0.0526. The standard InChI is InChI=1S/C38H26N2/c1-39-37-22-25(24-14-15-27-20-26-8-2-3-9-29(26)34(27)21-24)16-18-32(37)33-19-17-28(23-38(33)39)40-35-12-6-4-10-30(35)31-11-5-7-13-36(31)40/h2-19,21-23H,20H2,1H3. The van der Waals surface area contributed by atoms with E-state index in [0.29, 0.717) is 0 Å². The highest BCUT2D eigenvalue weighted by molar-refractivity contribution is 6.11. The van der Waals surface area contributed by atoms with E-state index in [0.717, 1.165) is 6.42 Å². The molecule has 0 saturated carbocycles. The molecule has 0 saturated heterocycles. The van der Waals surface area contributed by atoms with Gasteiger partial charge in [0.15, 0.2) is 0 Å². The molecule has 40 heavy (non-hydrogen) atoms. The van der Waals surface area contributed by atoms with E-state index in [1.165, 1.54) is 82.7 Å². The van der Waals surface area contributed by atoms with Gasteiger partial charge in [0, 0.05) is 39.8 Å². The predicted octanol–water partition coefficient (Wildman–Crippen LogP) is 9.67. The van der Waals surface area contributed by atoms with E-state index < -0.39 is 0 Å². The van der Waals surface area contributed by atoms with E-state index in [2.05, 4.69) is 144 Å². The van der Waals surface area contributed by atoms with Crippen LogP contribution in [0.15, 0.2) is 127 Å². The smallest absolute Gasteiger partial charge is 0.0541 e. The number of rotatable bonds is 2. The predicted molar refractivity (Wildman–Crippen MR) is 168 cm³/mol. The summed E-state index contributed by atoms with van der Waals surface area (Å²) in [6, 6.07) is 47.1. The van der Waals surface area contributed by atoms with Gasteiger partial charge in [-0.2, -0.15) is 0 Å². The molecular weight excluding hydrogens is 484 g/mol. The first kappa shape index (κ1) is 21.8. The van der Waals surface area contributed by atoms with E-state index >= 15 is 0 Å². The number of benzene rings is 6. The van der Waals surface area contributed by atoms with Gasteiger partial charge in [0.05, 0.1) is 16.6 Å². The van der Waals surface area contributed by atoms with Crippen molar-refractivity contribution in [3.05, 3.63) is 139 Å². The van der Waals surface area contributed by atoms with Crippen LogP contribution in [0, 0.1) is 0 Å². The second kappa shape index (κ2) is 7.97. The molecule has 0 bridgehead atoms. The fourth-order valence-corrected chi connectivity index (χ4v) is 7.01. The minimum absolute atomic E-state index is 1.03. The van der Waals surface area contributed by atoms with E-state index in [1.807, 2.05) is 0 Å². The molecule has 2 nitrogen and oxygen atoms in total. The maximum Gasteiger partial charge on any atom is 0.0541 e. The highest BCUT2D eigenvalue weighted by Gasteiger charge is 2.19. The van der Waals surface area contributed by atoms with Crippen LogP contribution in [0.5, 0.6) is 0 Å². The lowest BCUT2D eigenvalue weighted by Crippen LogP contribution is -1.95. The van der Waals surface area contributed by atoms with E-state index in [4.69, 9.17) is 0 Å². The molecule has 2 aromatic heterocycles. The average molecular weight is 511 g/mol. The third kappa shape index (κ3) is 2.93. The number of aromatic nitrogens is 2. The summed E-state index contributed by atoms with van der Waals surface area (Å²) in [5.74, 6) is 0. The summed E-state index contributed by atoms with van der Waals surface area (Å²) in [4.78, 5) is 0. The van der Waals surface area contributed by atoms with Crippen molar-refractivity contribution in [3.8, 4) is 27.9 Å². The summed E-state index contributed by atoms with van der Waals surface area (Å²) >= 11 is 0. The molecule has 0 N–H and O–H groups in total. The normalized spacial score (nSPS) is 12.5. The molecule has 0 atom stereocenters. The Morgan fingerprint density at radius 1 is 0.450 bits per heavy atom. The molecule has 1 aliphatic carbocycles. The van der Waals surface area contributed by atoms with E-state index in [9.17, 15) is 0 Å². The molecule has 0 fully saturated rings. The minimum atomic E-state index is 1.03. The van der Waals surface area contributed by atoms with Gasteiger partial charge in [0.25, 0.3) is 0 Å². The molecule has 2 heterocycles. The Morgan fingerprint density at radius 3 is 1.82 bits per heavy atom. The fourth-order valence-electron chi connectivity index (χ4n) is 7.01. The summed E-state index contributed by atoms with van der Waals surface area (Å²) in [5.41, 5.74) is 14.3. The Bertz CT molecular complexity index is 2260. The highest BCUT2D eigenvalue weighted by Crippen LogP contribution is 2.40. The van der Waals surface area contributed by atoms with Crippen molar-refractivity contribution < 1.29 is 0 Å². The SMILES string of the molecule is Cn1c2cc(-c3ccc4c(c3)-c3ccccc3C4)ccc2c2ccc(-n3c4ccccc4c4ccccc43)cc21. The van der Waals surface area contributed by atoms with Crippen LogP contribution in [-0.2, 0) is 13.5 Å². The van der Waals surface area contributed by atoms with Crippen LogP contribution in [0.2, 0.25) is 0 Å². The van der Waals surface area contributed by atoms with Crippen molar-refractivity contribution in [2.75, 3.05) is 0 Å². The van der Waals surface area contributed by atoms with Gasteiger partial charge in [0.1, 0.15) is 0 Å². The van der Waals surface area contributed by atoms with Crippen LogP contribution in [0.25, 0.3) is 71.6 Å². The topological polar surface area (TPSA) is 9.86 Å². The molecule has 8 aromatic rings. The van der Waals surface area contributed by atoms with Gasteiger partial charge in [-0.1, -0.05) is 91.0 Å². The van der Waals surface area contributed by atoms with Crippen molar-refractivity contribution in [1.82, 2.24) is 9.13 Å². The molecule has 188 valence electrons. The average Bonchev–Trinajstić information content (AvgIpc) is 3.64. The van der Waals surface area contributed by atoms with E-state index in [1.54, 1.807) is 0 Å². The van der Waals surface area contributed by atoms with Gasteiger partial charge in [0.2, 0.25) is 0 Å². The Hall–Kier alpha value is -5.08. The third-order valence-corrected chi connectivity index (χ3v) is 8.96. The lowest BCUT2D eigenvalue weighted by Gasteiger charge is -2.09. The maximum absolute atomic E-state index is 2.40. The van der Waals surface area contributed by atoms with Gasteiger partial charge in [-0.05, 0) is 76.2 Å². The number of fused-ring (bicyclic) bond motifs is 9. The number of hydrogen-bond donors (Lipinski definition) is 0. The van der Waals surface area contributed by atoms with Gasteiger partial charge < -0.3 is 9.13 Å². The van der Waals surface area contributed by atoms with Gasteiger partial charge in [-0.3, -0.25) is 0 Å². The van der Waals surface area contributed by atoms with Crippen LogP contribution in [-0.4, -0.2) is 9.13 Å². The van der Waals surface area contributed by atoms with Crippen LogP contribution in [0.3, 0.4) is 0 Å². The summed E-state index contributed by atoms with van der Waals surface area (Å²) in [6.07, 6.45) is 1.03. The quantitative estimate of drug-likeness (QED) is 0.219. The van der Waals surface area contributed by atoms with Crippen molar-refractivity contribution in [2.45, 2.75) is 6.42 Å². The zero-order valence-electron chi connectivity index (χ0n) is 22.2. The number of nitrogens with zero attached hydrogens (tertiary/aromatic N) is 2. The molecule has 0 aliphatic heterocycles. The summed E-state index contributed by atoms with van der Waals surface area (Å²) in [6.45, 7) is 0. The Morgan fingerprint density at radius 2 is 1.02 bits per heavy atom. The van der Waals surface area contributed by atoms with Crippen LogP contribution in [0.4, 0.5) is 0 Å². The first-order valence-corrected chi connectivity index (χ1v) is 14.0. The summed E-state index contributed by atoms with van der Waals surface area (Å²) in [7, 11) is 2.20. The molecule has 0 spiro atoms. The third-order valence-electron chi connectivity index (χ3n) is 8.96. The molecule has 2 heteroatoms. The van der Waals surface area contributed by atoms with Crippen LogP contribution < -0.4 is 0 Å². The van der Waals surface area contributed by atoms with Crippen LogP contribution >= 0.6 is 0 Å². The lowest BCUT2D eigenvalue weighted by molar-refractivity contribution is 1.01. The second-order valence-electron chi connectivity index (χ2n) is 11.1. The second-order valence-corrected chi connectivity index (χ2v) is 11.1. The number of aryl methyl sites for hydroxylation is 1. The Labute approximate surface area is 232 Å². The Kier molecular flexibility index (Phi) is 4.34. The zero-order valence-corrected chi connectivity index (χ0v) is 22.2. The monoisotopic (exact) mass is 510 g/mol. The van der Waals surface area contributed by atoms with Gasteiger partial charge in [-0.15, -0.1) is 0 Å². The van der Waals surface area contributed by atoms with Crippen molar-refractivity contribution in [2.24, 2.45) is 7.05 Å². The largest absolute Gasteiger partial charge is 0.344 e. The van der Waals surface area contributed by atoms with Crippen molar-refractivity contribution in [3.63, 3.8) is 0 Å². The van der Waals surface area contributed by atoms with Gasteiger partial charge >= 0.3 is 0 Å². The van der Waals surface area contributed by atoms with Crippen LogP contribution in [0.1, 0.15) is 11.1 Å². The van der Waals surface area contributed by atoms with Gasteiger partial charge in [-0.25, -0.2) is 0 Å². The number of hydrogen-bond acceptors (Lipinski definition) is 0. The zero-order chi connectivity index (χ0) is 26.4. The lowest BCUT2D eigenvalue weighted by atomic mass is 9.98. The maximum atomic E-state index is 2.40. The first-order valence-electron chi connectivity index (χ1n) is 14.0. The molecule has 9 rings (SSSR count). The Balaban J connectivity index is 1.21. The number of para-hydroxylation sites is 2. The minimum Gasteiger partial charge on any atom is -0.344 e. The summed E-state index contributed by atoms with van der Waals surface area (Å²) < 4.78 is 4.75. The van der Waals surface area contributed by atoms with Crippen molar-refractivity contribution >= 4 is 43.6 Å². The van der Waals surface area contributed by atoms with Crippen molar-refractivity contribution in [1.29, 1.82) is 0 Å².